The van der Waals surface area contributed by atoms with E-state index in [0.29, 0.717) is 26.2 Å². The summed E-state index contributed by atoms with van der Waals surface area (Å²) < 4.78 is 0. The molecule has 16 heavy (non-hydrogen) atoms. The van der Waals surface area contributed by atoms with E-state index >= 15 is 0 Å². The van der Waals surface area contributed by atoms with Gasteiger partial charge in [0.1, 0.15) is 0 Å². The quantitative estimate of drug-likeness (QED) is 0.784. The lowest BCUT2D eigenvalue weighted by atomic mass is 10.2. The minimum absolute atomic E-state index is 0.0585. The highest BCUT2D eigenvalue weighted by atomic mass is 16.2. The molecule has 0 fully saturated rings. The van der Waals surface area contributed by atoms with Crippen molar-refractivity contribution in [2.24, 2.45) is 5.73 Å². The number of amides is 2. The lowest BCUT2D eigenvalue weighted by molar-refractivity contribution is 0.198. The molecule has 1 rings (SSSR count). The lowest BCUT2D eigenvalue weighted by Crippen LogP contribution is -2.41. The molecule has 0 aliphatic heterocycles. The van der Waals surface area contributed by atoms with Crippen LogP contribution in [0, 0.1) is 0 Å². The number of hydrogen-bond acceptors (Lipinski definition) is 2. The van der Waals surface area contributed by atoms with Gasteiger partial charge in [0.25, 0.3) is 0 Å². The Kier molecular flexibility index (Phi) is 5.36. The number of carbonyl (C=O) groups excluding carboxylic acids is 1. The van der Waals surface area contributed by atoms with Crippen LogP contribution >= 0.6 is 0 Å². The average molecular weight is 221 g/mol. The van der Waals surface area contributed by atoms with Crippen LogP contribution in [-0.4, -0.2) is 30.6 Å². The first kappa shape index (κ1) is 12.5. The molecule has 0 aliphatic carbocycles. The standard InChI is InChI=1S/C12H19N3O/c1-2-15(12(16)14-9-8-13)10-11-6-4-3-5-7-11/h3-7H,2,8-10,13H2,1H3,(H,14,16). The van der Waals surface area contributed by atoms with Crippen molar-refractivity contribution < 1.29 is 4.79 Å². The monoisotopic (exact) mass is 221 g/mol. The Balaban J connectivity index is 2.52. The second-order valence-electron chi connectivity index (χ2n) is 3.52. The molecule has 0 aromatic heterocycles. The van der Waals surface area contributed by atoms with Crippen molar-refractivity contribution in [2.45, 2.75) is 13.5 Å². The molecule has 4 heteroatoms. The van der Waals surface area contributed by atoms with Crippen LogP contribution in [0.25, 0.3) is 0 Å². The molecule has 0 unspecified atom stereocenters. The number of rotatable bonds is 5. The van der Waals surface area contributed by atoms with Crippen molar-refractivity contribution in [3.8, 4) is 0 Å². The van der Waals surface area contributed by atoms with Gasteiger partial charge in [0.15, 0.2) is 0 Å². The molecule has 0 aliphatic rings. The molecular weight excluding hydrogens is 202 g/mol. The van der Waals surface area contributed by atoms with Gasteiger partial charge in [-0.3, -0.25) is 0 Å². The SMILES string of the molecule is CCN(Cc1ccccc1)C(=O)NCCN. The van der Waals surface area contributed by atoms with Crippen molar-refractivity contribution in [1.82, 2.24) is 10.2 Å². The predicted octanol–water partition coefficient (Wildman–Crippen LogP) is 1.18. The maximum absolute atomic E-state index is 11.7. The Morgan fingerprint density at radius 3 is 2.62 bits per heavy atom. The van der Waals surface area contributed by atoms with Crippen LogP contribution in [-0.2, 0) is 6.54 Å². The fraction of sp³-hybridized carbons (Fsp3) is 0.417. The van der Waals surface area contributed by atoms with Gasteiger partial charge in [-0.05, 0) is 12.5 Å². The third-order valence-corrected chi connectivity index (χ3v) is 2.31. The Morgan fingerprint density at radius 2 is 2.06 bits per heavy atom. The fourth-order valence-electron chi connectivity index (χ4n) is 1.42. The van der Waals surface area contributed by atoms with Gasteiger partial charge >= 0.3 is 6.03 Å². The molecule has 0 radical (unpaired) electrons. The van der Waals surface area contributed by atoms with E-state index in [1.165, 1.54) is 0 Å². The summed E-state index contributed by atoms with van der Waals surface area (Å²) in [5, 5.41) is 2.77. The largest absolute Gasteiger partial charge is 0.337 e. The smallest absolute Gasteiger partial charge is 0.317 e. The van der Waals surface area contributed by atoms with Gasteiger partial charge in [0, 0.05) is 26.2 Å². The summed E-state index contributed by atoms with van der Waals surface area (Å²) in [7, 11) is 0. The van der Waals surface area contributed by atoms with Gasteiger partial charge in [-0.25, -0.2) is 4.79 Å². The van der Waals surface area contributed by atoms with Gasteiger partial charge in [-0.15, -0.1) is 0 Å². The number of urea groups is 1. The van der Waals surface area contributed by atoms with E-state index in [4.69, 9.17) is 5.73 Å². The molecule has 0 saturated carbocycles. The van der Waals surface area contributed by atoms with E-state index in [-0.39, 0.29) is 6.03 Å². The van der Waals surface area contributed by atoms with Crippen LogP contribution < -0.4 is 11.1 Å². The van der Waals surface area contributed by atoms with Gasteiger partial charge < -0.3 is 16.0 Å². The van der Waals surface area contributed by atoms with Crippen molar-refractivity contribution in [1.29, 1.82) is 0 Å². The van der Waals surface area contributed by atoms with Crippen LogP contribution in [0.3, 0.4) is 0 Å². The first-order valence-electron chi connectivity index (χ1n) is 5.54. The third-order valence-electron chi connectivity index (χ3n) is 2.31. The molecule has 0 bridgehead atoms. The van der Waals surface area contributed by atoms with Crippen molar-refractivity contribution >= 4 is 6.03 Å². The van der Waals surface area contributed by atoms with E-state index in [0.717, 1.165) is 5.56 Å². The Bertz CT molecular complexity index is 313. The molecule has 1 aromatic carbocycles. The molecule has 0 heterocycles. The predicted molar refractivity (Wildman–Crippen MR) is 65.0 cm³/mol. The number of nitrogens with one attached hydrogen (secondary N) is 1. The fourth-order valence-corrected chi connectivity index (χ4v) is 1.42. The molecule has 1 aromatic rings. The highest BCUT2D eigenvalue weighted by Crippen LogP contribution is 2.03. The Labute approximate surface area is 96.4 Å². The zero-order chi connectivity index (χ0) is 11.8. The van der Waals surface area contributed by atoms with E-state index in [1.54, 1.807) is 4.90 Å². The molecule has 0 atom stereocenters. The van der Waals surface area contributed by atoms with Gasteiger partial charge in [-0.2, -0.15) is 0 Å². The summed E-state index contributed by atoms with van der Waals surface area (Å²) in [6.45, 7) is 4.27. The summed E-state index contributed by atoms with van der Waals surface area (Å²) in [4.78, 5) is 13.5. The summed E-state index contributed by atoms with van der Waals surface area (Å²) in [6.07, 6.45) is 0. The van der Waals surface area contributed by atoms with E-state index in [2.05, 4.69) is 5.32 Å². The van der Waals surface area contributed by atoms with Crippen molar-refractivity contribution in [3.63, 3.8) is 0 Å². The van der Waals surface area contributed by atoms with Gasteiger partial charge in [-0.1, -0.05) is 30.3 Å². The van der Waals surface area contributed by atoms with Gasteiger partial charge in [0.2, 0.25) is 0 Å². The molecule has 88 valence electrons. The number of hydrogen-bond donors (Lipinski definition) is 2. The molecule has 0 spiro atoms. The zero-order valence-corrected chi connectivity index (χ0v) is 9.65. The Morgan fingerprint density at radius 1 is 1.38 bits per heavy atom. The van der Waals surface area contributed by atoms with Crippen LogP contribution in [0.4, 0.5) is 4.79 Å². The minimum atomic E-state index is -0.0585. The molecule has 4 nitrogen and oxygen atoms in total. The first-order chi connectivity index (χ1) is 7.77. The summed E-state index contributed by atoms with van der Waals surface area (Å²) >= 11 is 0. The Hall–Kier alpha value is -1.55. The van der Waals surface area contributed by atoms with Crippen LogP contribution in [0.15, 0.2) is 30.3 Å². The normalized spacial score (nSPS) is 9.88. The van der Waals surface area contributed by atoms with Crippen LogP contribution in [0.5, 0.6) is 0 Å². The topological polar surface area (TPSA) is 58.4 Å². The highest BCUT2D eigenvalue weighted by molar-refractivity contribution is 5.74. The summed E-state index contributed by atoms with van der Waals surface area (Å²) in [6, 6.07) is 9.88. The second kappa shape index (κ2) is 6.85. The van der Waals surface area contributed by atoms with E-state index in [9.17, 15) is 4.79 Å². The molecule has 0 saturated heterocycles. The second-order valence-corrected chi connectivity index (χ2v) is 3.52. The minimum Gasteiger partial charge on any atom is -0.337 e. The molecule has 3 N–H and O–H groups in total. The van der Waals surface area contributed by atoms with Gasteiger partial charge in [0.05, 0.1) is 0 Å². The summed E-state index contributed by atoms with van der Waals surface area (Å²) in [5.74, 6) is 0. The zero-order valence-electron chi connectivity index (χ0n) is 9.65. The van der Waals surface area contributed by atoms with E-state index < -0.39 is 0 Å². The number of benzene rings is 1. The highest BCUT2D eigenvalue weighted by Gasteiger charge is 2.10. The maximum atomic E-state index is 11.7. The molecule has 2 amide bonds. The third kappa shape index (κ3) is 3.90. The number of carbonyl (C=O) groups is 1. The van der Waals surface area contributed by atoms with Crippen LogP contribution in [0.1, 0.15) is 12.5 Å². The summed E-state index contributed by atoms with van der Waals surface area (Å²) in [5.41, 5.74) is 6.47. The lowest BCUT2D eigenvalue weighted by Gasteiger charge is -2.21. The first-order valence-corrected chi connectivity index (χ1v) is 5.54. The maximum Gasteiger partial charge on any atom is 0.317 e. The number of nitrogens with two attached hydrogens (primary N) is 1. The molecular formula is C12H19N3O. The van der Waals surface area contributed by atoms with Crippen LogP contribution in [0.2, 0.25) is 0 Å². The van der Waals surface area contributed by atoms with Crippen molar-refractivity contribution in [2.75, 3.05) is 19.6 Å². The average Bonchev–Trinajstić information content (AvgIpc) is 2.34. The van der Waals surface area contributed by atoms with E-state index in [1.807, 2.05) is 37.3 Å². The van der Waals surface area contributed by atoms with Crippen molar-refractivity contribution in [3.05, 3.63) is 35.9 Å². The number of nitrogens with zero attached hydrogens (tertiary/aromatic N) is 1.